The van der Waals surface area contributed by atoms with E-state index in [0.29, 0.717) is 0 Å². The number of halogens is 2. The highest BCUT2D eigenvalue weighted by atomic mass is 19.1. The highest BCUT2D eigenvalue weighted by Gasteiger charge is 2.31. The molecular weight excluding hydrogens is 212 g/mol. The van der Waals surface area contributed by atoms with E-state index in [4.69, 9.17) is 5.73 Å². The number of benzene rings is 1. The van der Waals surface area contributed by atoms with E-state index in [1.165, 1.54) is 6.07 Å². The second-order valence-corrected chi connectivity index (χ2v) is 4.80. The molecule has 4 heteroatoms. The lowest BCUT2D eigenvalue weighted by Gasteiger charge is -2.25. The van der Waals surface area contributed by atoms with Gasteiger partial charge in [0.15, 0.2) is 5.78 Å². The first-order valence-electron chi connectivity index (χ1n) is 4.99. The summed E-state index contributed by atoms with van der Waals surface area (Å²) in [6.45, 7) is 5.23. The van der Waals surface area contributed by atoms with Crippen molar-refractivity contribution < 1.29 is 13.6 Å². The number of rotatable bonds is 2. The van der Waals surface area contributed by atoms with Gasteiger partial charge in [0, 0.05) is 0 Å². The summed E-state index contributed by atoms with van der Waals surface area (Å²) in [6.07, 6.45) is 0. The van der Waals surface area contributed by atoms with Crippen LogP contribution in [0.3, 0.4) is 0 Å². The van der Waals surface area contributed by atoms with Crippen LogP contribution in [-0.4, -0.2) is 11.8 Å². The van der Waals surface area contributed by atoms with E-state index in [9.17, 15) is 13.6 Å². The van der Waals surface area contributed by atoms with Crippen LogP contribution in [0.5, 0.6) is 0 Å². The molecule has 1 aromatic carbocycles. The van der Waals surface area contributed by atoms with Crippen molar-refractivity contribution in [2.45, 2.75) is 26.8 Å². The lowest BCUT2D eigenvalue weighted by molar-refractivity contribution is 0.0892. The van der Waals surface area contributed by atoms with Crippen LogP contribution in [0.4, 0.5) is 8.78 Å². The third-order valence-corrected chi connectivity index (χ3v) is 2.42. The molecule has 1 atom stereocenters. The zero-order chi connectivity index (χ0) is 12.5. The molecule has 0 aliphatic carbocycles. The molecule has 1 aromatic rings. The maximum absolute atomic E-state index is 13.3. The number of carbonyl (C=O) groups excluding carboxylic acids is 1. The molecule has 2 N–H and O–H groups in total. The van der Waals surface area contributed by atoms with Gasteiger partial charge in [0.05, 0.1) is 11.6 Å². The van der Waals surface area contributed by atoms with Gasteiger partial charge in [-0.15, -0.1) is 0 Å². The molecule has 0 bridgehead atoms. The second-order valence-electron chi connectivity index (χ2n) is 4.80. The summed E-state index contributed by atoms with van der Waals surface area (Å²) < 4.78 is 26.7. The molecule has 0 aromatic heterocycles. The minimum absolute atomic E-state index is 0.536. The van der Waals surface area contributed by atoms with E-state index in [1.807, 2.05) is 0 Å². The molecule has 16 heavy (non-hydrogen) atoms. The molecular formula is C12H15F2NO. The van der Waals surface area contributed by atoms with Gasteiger partial charge in [-0.1, -0.05) is 26.8 Å². The number of Topliss-reactive ketones (excluding diaryl/α,β-unsaturated/α-hetero) is 1. The first-order chi connectivity index (χ1) is 7.25. The van der Waals surface area contributed by atoms with Gasteiger partial charge in [-0.2, -0.15) is 0 Å². The van der Waals surface area contributed by atoms with Crippen LogP contribution in [0.2, 0.25) is 0 Å². The summed E-state index contributed by atoms with van der Waals surface area (Å²) in [5.74, 6) is -2.45. The smallest absolute Gasteiger partial charge is 0.185 e. The molecule has 1 unspecified atom stereocenters. The van der Waals surface area contributed by atoms with Gasteiger partial charge < -0.3 is 5.73 Å². The fraction of sp³-hybridized carbons (Fsp3) is 0.417. The van der Waals surface area contributed by atoms with Gasteiger partial charge in [0.25, 0.3) is 0 Å². The molecule has 2 nitrogen and oxygen atoms in total. The third-order valence-electron chi connectivity index (χ3n) is 2.42. The van der Waals surface area contributed by atoms with Crippen molar-refractivity contribution in [3.63, 3.8) is 0 Å². The van der Waals surface area contributed by atoms with Crippen LogP contribution in [-0.2, 0) is 0 Å². The summed E-state index contributed by atoms with van der Waals surface area (Å²) >= 11 is 0. The van der Waals surface area contributed by atoms with E-state index in [2.05, 4.69) is 0 Å². The van der Waals surface area contributed by atoms with Gasteiger partial charge in [0.2, 0.25) is 0 Å². The number of hydrogen-bond donors (Lipinski definition) is 1. The summed E-state index contributed by atoms with van der Waals surface area (Å²) in [7, 11) is 0. The van der Waals surface area contributed by atoms with Gasteiger partial charge in [0.1, 0.15) is 11.6 Å². The van der Waals surface area contributed by atoms with Crippen molar-refractivity contribution in [1.82, 2.24) is 0 Å². The Morgan fingerprint density at radius 2 is 1.69 bits per heavy atom. The molecule has 0 aliphatic rings. The molecule has 0 spiro atoms. The van der Waals surface area contributed by atoms with Crippen LogP contribution in [0.1, 0.15) is 31.1 Å². The summed E-state index contributed by atoms with van der Waals surface area (Å²) in [5.41, 5.74) is 4.59. The van der Waals surface area contributed by atoms with E-state index in [-0.39, 0.29) is 0 Å². The highest BCUT2D eigenvalue weighted by Crippen LogP contribution is 2.23. The monoisotopic (exact) mass is 227 g/mol. The molecule has 0 aliphatic heterocycles. The number of hydrogen-bond acceptors (Lipinski definition) is 2. The number of carbonyl (C=O) groups is 1. The summed E-state index contributed by atoms with van der Waals surface area (Å²) in [5, 5.41) is 0. The fourth-order valence-corrected chi connectivity index (χ4v) is 1.28. The SMILES string of the molecule is CC(C)(C)C(N)C(=O)c1c(F)cccc1F. The van der Waals surface area contributed by atoms with Gasteiger partial charge in [-0.05, 0) is 17.5 Å². The molecule has 88 valence electrons. The number of nitrogens with two attached hydrogens (primary N) is 1. The van der Waals surface area contributed by atoms with Crippen LogP contribution < -0.4 is 5.73 Å². The third kappa shape index (κ3) is 2.44. The first-order valence-corrected chi connectivity index (χ1v) is 4.99. The normalized spacial score (nSPS) is 13.6. The lowest BCUT2D eigenvalue weighted by Crippen LogP contribution is -2.43. The van der Waals surface area contributed by atoms with E-state index in [0.717, 1.165) is 12.1 Å². The van der Waals surface area contributed by atoms with E-state index in [1.54, 1.807) is 20.8 Å². The van der Waals surface area contributed by atoms with Crippen molar-refractivity contribution in [3.8, 4) is 0 Å². The predicted molar refractivity (Wildman–Crippen MR) is 58.1 cm³/mol. The Labute approximate surface area is 93.5 Å². The maximum atomic E-state index is 13.3. The standard InChI is InChI=1S/C12H15F2NO/c1-12(2,3)11(15)10(16)9-7(13)5-4-6-8(9)14/h4-6,11H,15H2,1-3H3. The Bertz CT molecular complexity index is 390. The Morgan fingerprint density at radius 3 is 2.06 bits per heavy atom. The zero-order valence-corrected chi connectivity index (χ0v) is 9.55. The molecule has 0 amide bonds. The second kappa shape index (κ2) is 4.29. The van der Waals surface area contributed by atoms with Crippen LogP contribution in [0.15, 0.2) is 18.2 Å². The first kappa shape index (κ1) is 12.8. The van der Waals surface area contributed by atoms with Gasteiger partial charge >= 0.3 is 0 Å². The maximum Gasteiger partial charge on any atom is 0.185 e. The fourth-order valence-electron chi connectivity index (χ4n) is 1.28. The van der Waals surface area contributed by atoms with Crippen molar-refractivity contribution >= 4 is 5.78 Å². The molecule has 0 radical (unpaired) electrons. The number of ketones is 1. The van der Waals surface area contributed by atoms with Gasteiger partial charge in [-0.25, -0.2) is 8.78 Å². The molecule has 0 fully saturated rings. The van der Waals surface area contributed by atoms with Crippen molar-refractivity contribution in [1.29, 1.82) is 0 Å². The van der Waals surface area contributed by atoms with E-state index >= 15 is 0 Å². The van der Waals surface area contributed by atoms with Crippen molar-refractivity contribution in [3.05, 3.63) is 35.4 Å². The van der Waals surface area contributed by atoms with Crippen LogP contribution in [0, 0.1) is 17.0 Å². The predicted octanol–water partition coefficient (Wildman–Crippen LogP) is 2.52. The molecule has 1 rings (SSSR count). The zero-order valence-electron chi connectivity index (χ0n) is 9.55. The quantitative estimate of drug-likeness (QED) is 0.789. The average molecular weight is 227 g/mol. The Morgan fingerprint density at radius 1 is 1.25 bits per heavy atom. The summed E-state index contributed by atoms with van der Waals surface area (Å²) in [6, 6.07) is 2.38. The minimum atomic E-state index is -0.932. The van der Waals surface area contributed by atoms with Crippen molar-refractivity contribution in [2.24, 2.45) is 11.1 Å². The average Bonchev–Trinajstić information content (AvgIpc) is 2.14. The molecule has 0 saturated carbocycles. The van der Waals surface area contributed by atoms with E-state index < -0.39 is 34.4 Å². The highest BCUT2D eigenvalue weighted by molar-refractivity contribution is 6.00. The lowest BCUT2D eigenvalue weighted by atomic mass is 9.82. The Kier molecular flexibility index (Phi) is 3.43. The van der Waals surface area contributed by atoms with Gasteiger partial charge in [-0.3, -0.25) is 4.79 Å². The topological polar surface area (TPSA) is 43.1 Å². The molecule has 0 saturated heterocycles. The van der Waals surface area contributed by atoms with Crippen molar-refractivity contribution in [2.75, 3.05) is 0 Å². The molecule has 0 heterocycles. The Hall–Kier alpha value is -1.29. The minimum Gasteiger partial charge on any atom is -0.321 e. The Balaban J connectivity index is 3.16. The van der Waals surface area contributed by atoms with Crippen LogP contribution in [0.25, 0.3) is 0 Å². The largest absolute Gasteiger partial charge is 0.321 e. The summed E-state index contributed by atoms with van der Waals surface area (Å²) in [4.78, 5) is 11.8. The van der Waals surface area contributed by atoms with Crippen LogP contribution >= 0.6 is 0 Å².